The molecule has 0 heterocycles. The zero-order chi connectivity index (χ0) is 13.7. The number of hydrogen-bond donors (Lipinski definition) is 1. The van der Waals surface area contributed by atoms with Gasteiger partial charge in [0, 0.05) is 5.56 Å². The Hall–Kier alpha value is -1.75. The summed E-state index contributed by atoms with van der Waals surface area (Å²) in [6.07, 6.45) is -1.38. The largest absolute Gasteiger partial charge is 0.497 e. The SMILES string of the molecule is CCOC(=O)C(O)c1cc(OC)cc(C)c1OC. The first-order valence-electron chi connectivity index (χ1n) is 5.62. The van der Waals surface area contributed by atoms with Crippen molar-refractivity contribution in [1.29, 1.82) is 0 Å². The van der Waals surface area contributed by atoms with Crippen molar-refractivity contribution in [3.05, 3.63) is 23.3 Å². The van der Waals surface area contributed by atoms with Crippen LogP contribution in [0.3, 0.4) is 0 Å². The number of esters is 1. The third kappa shape index (κ3) is 2.92. The fourth-order valence-electron chi connectivity index (χ4n) is 1.72. The molecule has 1 aromatic rings. The molecule has 0 amide bonds. The minimum absolute atomic E-state index is 0.209. The molecule has 0 aliphatic heterocycles. The van der Waals surface area contributed by atoms with E-state index in [1.54, 1.807) is 19.1 Å². The van der Waals surface area contributed by atoms with Crippen molar-refractivity contribution in [2.75, 3.05) is 20.8 Å². The van der Waals surface area contributed by atoms with Crippen molar-refractivity contribution >= 4 is 5.97 Å². The maximum atomic E-state index is 11.6. The van der Waals surface area contributed by atoms with Gasteiger partial charge in [0.15, 0.2) is 6.10 Å². The highest BCUT2D eigenvalue weighted by atomic mass is 16.5. The Kier molecular flexibility index (Phi) is 4.97. The fraction of sp³-hybridized carbons (Fsp3) is 0.462. The lowest BCUT2D eigenvalue weighted by molar-refractivity contribution is -0.153. The predicted molar refractivity (Wildman–Crippen MR) is 65.9 cm³/mol. The molecule has 0 aliphatic rings. The van der Waals surface area contributed by atoms with Crippen LogP contribution in [0.25, 0.3) is 0 Å². The predicted octanol–water partition coefficient (Wildman–Crippen LogP) is 1.61. The number of benzene rings is 1. The Morgan fingerprint density at radius 2 is 2.00 bits per heavy atom. The number of hydrogen-bond acceptors (Lipinski definition) is 5. The minimum Gasteiger partial charge on any atom is -0.497 e. The van der Waals surface area contributed by atoms with Gasteiger partial charge in [-0.05, 0) is 31.5 Å². The first-order chi connectivity index (χ1) is 8.54. The summed E-state index contributed by atoms with van der Waals surface area (Å²) in [7, 11) is 3.00. The highest BCUT2D eigenvalue weighted by Gasteiger charge is 2.24. The summed E-state index contributed by atoms with van der Waals surface area (Å²) in [5.74, 6) is 0.298. The van der Waals surface area contributed by atoms with Gasteiger partial charge in [-0.25, -0.2) is 4.79 Å². The average Bonchev–Trinajstić information content (AvgIpc) is 2.37. The van der Waals surface area contributed by atoms with Gasteiger partial charge in [-0.1, -0.05) is 0 Å². The molecule has 0 radical (unpaired) electrons. The number of aryl methyl sites for hydroxylation is 1. The van der Waals surface area contributed by atoms with Crippen molar-refractivity contribution in [1.82, 2.24) is 0 Å². The number of methoxy groups -OCH3 is 2. The Labute approximate surface area is 106 Å². The summed E-state index contributed by atoms with van der Waals surface area (Å²) in [6.45, 7) is 3.70. The van der Waals surface area contributed by atoms with Crippen LogP contribution in [0, 0.1) is 6.92 Å². The van der Waals surface area contributed by atoms with Gasteiger partial charge in [0.1, 0.15) is 11.5 Å². The minimum atomic E-state index is -1.38. The summed E-state index contributed by atoms with van der Waals surface area (Å²) in [6, 6.07) is 3.33. The van der Waals surface area contributed by atoms with E-state index in [2.05, 4.69) is 0 Å². The quantitative estimate of drug-likeness (QED) is 0.809. The lowest BCUT2D eigenvalue weighted by atomic mass is 10.0. The zero-order valence-electron chi connectivity index (χ0n) is 11.0. The van der Waals surface area contributed by atoms with Crippen LogP contribution in [-0.2, 0) is 9.53 Å². The Morgan fingerprint density at radius 1 is 1.33 bits per heavy atom. The van der Waals surface area contributed by atoms with Crippen LogP contribution in [0.5, 0.6) is 11.5 Å². The molecular formula is C13H18O5. The highest BCUT2D eigenvalue weighted by Crippen LogP contribution is 2.33. The molecule has 0 aromatic heterocycles. The van der Waals surface area contributed by atoms with Crippen LogP contribution in [0.4, 0.5) is 0 Å². The molecule has 0 bridgehead atoms. The summed E-state index contributed by atoms with van der Waals surface area (Å²) in [5, 5.41) is 9.97. The molecular weight excluding hydrogens is 236 g/mol. The molecule has 0 saturated carbocycles. The molecule has 5 nitrogen and oxygen atoms in total. The molecule has 0 aliphatic carbocycles. The molecule has 1 atom stereocenters. The van der Waals surface area contributed by atoms with Gasteiger partial charge in [0.2, 0.25) is 0 Å². The lowest BCUT2D eigenvalue weighted by Crippen LogP contribution is -2.16. The van der Waals surface area contributed by atoms with Crippen LogP contribution in [0.15, 0.2) is 12.1 Å². The van der Waals surface area contributed by atoms with E-state index in [4.69, 9.17) is 14.2 Å². The van der Waals surface area contributed by atoms with Crippen LogP contribution in [0.1, 0.15) is 24.2 Å². The second-order valence-corrected chi connectivity index (χ2v) is 3.72. The van der Waals surface area contributed by atoms with E-state index >= 15 is 0 Å². The van der Waals surface area contributed by atoms with E-state index in [1.165, 1.54) is 14.2 Å². The van der Waals surface area contributed by atoms with Crippen LogP contribution in [0.2, 0.25) is 0 Å². The molecule has 100 valence electrons. The lowest BCUT2D eigenvalue weighted by Gasteiger charge is -2.17. The number of ether oxygens (including phenoxy) is 3. The fourth-order valence-corrected chi connectivity index (χ4v) is 1.72. The standard InChI is InChI=1S/C13H18O5/c1-5-18-13(15)11(14)10-7-9(16-3)6-8(2)12(10)17-4/h6-7,11,14H,5H2,1-4H3. The molecule has 0 fully saturated rings. The molecule has 0 spiro atoms. The van der Waals surface area contributed by atoms with Crippen molar-refractivity contribution in [3.8, 4) is 11.5 Å². The van der Waals surface area contributed by atoms with Crippen LogP contribution >= 0.6 is 0 Å². The maximum absolute atomic E-state index is 11.6. The highest BCUT2D eigenvalue weighted by molar-refractivity contribution is 5.77. The third-order valence-corrected chi connectivity index (χ3v) is 2.52. The van der Waals surface area contributed by atoms with Gasteiger partial charge < -0.3 is 19.3 Å². The number of rotatable bonds is 5. The van der Waals surface area contributed by atoms with E-state index in [0.29, 0.717) is 17.1 Å². The van der Waals surface area contributed by atoms with Crippen molar-refractivity contribution in [2.45, 2.75) is 20.0 Å². The normalized spacial score (nSPS) is 11.8. The number of aliphatic hydroxyl groups excluding tert-OH is 1. The molecule has 1 aromatic carbocycles. The van der Waals surface area contributed by atoms with E-state index in [9.17, 15) is 9.90 Å². The number of carbonyl (C=O) groups is 1. The van der Waals surface area contributed by atoms with E-state index in [-0.39, 0.29) is 6.61 Å². The van der Waals surface area contributed by atoms with Crippen molar-refractivity contribution < 1.29 is 24.1 Å². The molecule has 1 rings (SSSR count). The average molecular weight is 254 g/mol. The Morgan fingerprint density at radius 3 is 2.50 bits per heavy atom. The first kappa shape index (κ1) is 14.3. The molecule has 0 saturated heterocycles. The molecule has 18 heavy (non-hydrogen) atoms. The van der Waals surface area contributed by atoms with Gasteiger partial charge >= 0.3 is 5.97 Å². The van der Waals surface area contributed by atoms with E-state index < -0.39 is 12.1 Å². The maximum Gasteiger partial charge on any atom is 0.339 e. The summed E-state index contributed by atoms with van der Waals surface area (Å²) in [5.41, 5.74) is 1.11. The third-order valence-electron chi connectivity index (χ3n) is 2.52. The van der Waals surface area contributed by atoms with Gasteiger partial charge in [0.05, 0.1) is 20.8 Å². The number of aliphatic hydroxyl groups is 1. The van der Waals surface area contributed by atoms with Crippen molar-refractivity contribution in [3.63, 3.8) is 0 Å². The number of carbonyl (C=O) groups excluding carboxylic acids is 1. The van der Waals surface area contributed by atoms with Gasteiger partial charge in [-0.2, -0.15) is 0 Å². The van der Waals surface area contributed by atoms with Crippen molar-refractivity contribution in [2.24, 2.45) is 0 Å². The van der Waals surface area contributed by atoms with Gasteiger partial charge in [-0.3, -0.25) is 0 Å². The van der Waals surface area contributed by atoms with E-state index in [0.717, 1.165) is 5.56 Å². The smallest absolute Gasteiger partial charge is 0.339 e. The Bertz CT molecular complexity index is 428. The molecule has 5 heteroatoms. The topological polar surface area (TPSA) is 65.0 Å². The second-order valence-electron chi connectivity index (χ2n) is 3.72. The van der Waals surface area contributed by atoms with Crippen LogP contribution in [-0.4, -0.2) is 31.9 Å². The van der Waals surface area contributed by atoms with Crippen LogP contribution < -0.4 is 9.47 Å². The van der Waals surface area contributed by atoms with E-state index in [1.807, 2.05) is 6.92 Å². The van der Waals surface area contributed by atoms with Gasteiger partial charge in [0.25, 0.3) is 0 Å². The Balaban J connectivity index is 3.19. The zero-order valence-corrected chi connectivity index (χ0v) is 11.0. The summed E-state index contributed by atoms with van der Waals surface area (Å²) >= 11 is 0. The van der Waals surface area contributed by atoms with Gasteiger partial charge in [-0.15, -0.1) is 0 Å². The summed E-state index contributed by atoms with van der Waals surface area (Å²) < 4.78 is 15.1. The summed E-state index contributed by atoms with van der Waals surface area (Å²) in [4.78, 5) is 11.6. The first-order valence-corrected chi connectivity index (χ1v) is 5.62. The monoisotopic (exact) mass is 254 g/mol. The molecule has 1 N–H and O–H groups in total. The second kappa shape index (κ2) is 6.26. The molecule has 1 unspecified atom stereocenters.